The summed E-state index contributed by atoms with van der Waals surface area (Å²) < 4.78 is 38.6. The van der Waals surface area contributed by atoms with Crippen molar-refractivity contribution >= 4 is 21.9 Å². The number of benzene rings is 1. The number of sulfonamides is 1. The van der Waals surface area contributed by atoms with Gasteiger partial charge in [-0.1, -0.05) is 12.2 Å². The van der Waals surface area contributed by atoms with Gasteiger partial charge >= 0.3 is 5.97 Å². The first kappa shape index (κ1) is 21.8. The van der Waals surface area contributed by atoms with Crippen molar-refractivity contribution in [3.63, 3.8) is 0 Å². The zero-order chi connectivity index (χ0) is 19.7. The second-order valence-corrected chi connectivity index (χ2v) is 7.69. The highest BCUT2D eigenvalue weighted by Gasteiger charge is 2.21. The largest absolute Gasteiger partial charge is 0.480 e. The van der Waals surface area contributed by atoms with Crippen molar-refractivity contribution in [3.8, 4) is 0 Å². The number of halogens is 1. The lowest BCUT2D eigenvalue weighted by molar-refractivity contribution is -0.141. The van der Waals surface area contributed by atoms with Crippen LogP contribution in [0.15, 0.2) is 41.3 Å². The molecule has 1 amide bonds. The van der Waals surface area contributed by atoms with Crippen LogP contribution in [0.25, 0.3) is 0 Å². The number of allylic oxidation sites excluding steroid dienone is 1. The normalized spacial score (nSPS) is 13.1. The van der Waals surface area contributed by atoms with Crippen LogP contribution in [0.5, 0.6) is 0 Å². The molecule has 7 nitrogen and oxygen atoms in total. The summed E-state index contributed by atoms with van der Waals surface area (Å²) in [7, 11) is -2.41. The standard InChI is InChI=1S/C17H23FN2O5S/c1-3-4-6-15(17(22)23)19-16(21)7-5-12-20(2)26(24,25)14-10-8-13(18)9-11-14/h3-4,8-11,15H,5-7,12H2,1-2H3,(H,19,21)(H,22,23)/b4-3+. The average Bonchev–Trinajstić information content (AvgIpc) is 2.58. The molecule has 0 radical (unpaired) electrons. The first-order chi connectivity index (χ1) is 12.2. The van der Waals surface area contributed by atoms with E-state index in [1.54, 1.807) is 19.1 Å². The summed E-state index contributed by atoms with van der Waals surface area (Å²) in [6, 6.07) is 3.45. The van der Waals surface area contributed by atoms with E-state index in [1.807, 2.05) is 0 Å². The van der Waals surface area contributed by atoms with E-state index in [9.17, 15) is 22.4 Å². The van der Waals surface area contributed by atoms with Crippen LogP contribution in [0.3, 0.4) is 0 Å². The summed E-state index contributed by atoms with van der Waals surface area (Å²) in [5, 5.41) is 11.5. The summed E-state index contributed by atoms with van der Waals surface area (Å²) in [5.41, 5.74) is 0. The molecule has 0 aliphatic carbocycles. The minimum atomic E-state index is -3.77. The van der Waals surface area contributed by atoms with E-state index in [2.05, 4.69) is 5.32 Å². The molecule has 1 aromatic carbocycles. The number of carboxylic acids is 1. The van der Waals surface area contributed by atoms with Crippen LogP contribution in [0, 0.1) is 5.82 Å². The lowest BCUT2D eigenvalue weighted by Gasteiger charge is -2.17. The Morgan fingerprint density at radius 1 is 1.31 bits per heavy atom. The van der Waals surface area contributed by atoms with E-state index >= 15 is 0 Å². The highest BCUT2D eigenvalue weighted by Crippen LogP contribution is 2.15. The van der Waals surface area contributed by atoms with Gasteiger partial charge in [0.2, 0.25) is 15.9 Å². The first-order valence-corrected chi connectivity index (χ1v) is 9.47. The van der Waals surface area contributed by atoms with Crippen LogP contribution >= 0.6 is 0 Å². The highest BCUT2D eigenvalue weighted by atomic mass is 32.2. The Kier molecular flexibility index (Phi) is 8.40. The van der Waals surface area contributed by atoms with Crippen molar-refractivity contribution in [1.29, 1.82) is 0 Å². The number of nitrogens with zero attached hydrogens (tertiary/aromatic N) is 1. The molecule has 0 spiro atoms. The molecule has 1 unspecified atom stereocenters. The number of rotatable bonds is 10. The fourth-order valence-corrected chi connectivity index (χ4v) is 3.34. The average molecular weight is 386 g/mol. The molecule has 26 heavy (non-hydrogen) atoms. The molecule has 1 aromatic rings. The molecule has 0 fully saturated rings. The van der Waals surface area contributed by atoms with E-state index in [-0.39, 0.29) is 30.7 Å². The van der Waals surface area contributed by atoms with Crippen LogP contribution < -0.4 is 5.32 Å². The minimum Gasteiger partial charge on any atom is -0.480 e. The molecule has 1 atom stereocenters. The Balaban J connectivity index is 2.54. The Morgan fingerprint density at radius 2 is 1.92 bits per heavy atom. The SMILES string of the molecule is C/C=C/CC(NC(=O)CCCN(C)S(=O)(=O)c1ccc(F)cc1)C(=O)O. The summed E-state index contributed by atoms with van der Waals surface area (Å²) in [5.74, 6) is -2.13. The van der Waals surface area contributed by atoms with Crippen LogP contribution in [-0.2, 0) is 19.6 Å². The molecule has 9 heteroatoms. The van der Waals surface area contributed by atoms with Crippen molar-refractivity contribution in [3.05, 3.63) is 42.2 Å². The Labute approximate surface area is 152 Å². The third-order valence-corrected chi connectivity index (χ3v) is 5.51. The molecule has 0 aromatic heterocycles. The van der Waals surface area contributed by atoms with Gasteiger partial charge in [0.15, 0.2) is 0 Å². The Hall–Kier alpha value is -2.26. The van der Waals surface area contributed by atoms with E-state index in [0.717, 1.165) is 16.4 Å². The number of carbonyl (C=O) groups excluding carboxylic acids is 1. The predicted octanol–water partition coefficient (Wildman–Crippen LogP) is 1.76. The molecule has 0 saturated carbocycles. The maximum absolute atomic E-state index is 12.9. The molecular formula is C17H23FN2O5S. The van der Waals surface area contributed by atoms with E-state index in [1.165, 1.54) is 19.2 Å². The number of aliphatic carboxylic acids is 1. The van der Waals surface area contributed by atoms with Gasteiger partial charge in [0.25, 0.3) is 0 Å². The van der Waals surface area contributed by atoms with E-state index < -0.39 is 33.8 Å². The Morgan fingerprint density at radius 3 is 2.46 bits per heavy atom. The van der Waals surface area contributed by atoms with Crippen LogP contribution in [-0.4, -0.2) is 49.3 Å². The molecule has 0 bridgehead atoms. The zero-order valence-electron chi connectivity index (χ0n) is 14.7. The molecule has 0 heterocycles. The van der Waals surface area contributed by atoms with Gasteiger partial charge in [-0.2, -0.15) is 0 Å². The van der Waals surface area contributed by atoms with Crippen LogP contribution in [0.1, 0.15) is 26.2 Å². The Bertz CT molecular complexity index is 747. The number of hydrogen-bond acceptors (Lipinski definition) is 4. The topological polar surface area (TPSA) is 104 Å². The number of nitrogens with one attached hydrogen (secondary N) is 1. The van der Waals surface area contributed by atoms with Gasteiger partial charge in [0.05, 0.1) is 4.90 Å². The van der Waals surface area contributed by atoms with Gasteiger partial charge in [-0.25, -0.2) is 21.9 Å². The molecule has 2 N–H and O–H groups in total. The first-order valence-electron chi connectivity index (χ1n) is 8.03. The fourth-order valence-electron chi connectivity index (χ4n) is 2.13. The number of carboxylic acid groups (broad SMARTS) is 1. The van der Waals surface area contributed by atoms with Gasteiger partial charge in [0.1, 0.15) is 11.9 Å². The van der Waals surface area contributed by atoms with Crippen molar-refractivity contribution in [2.45, 2.75) is 37.1 Å². The second kappa shape index (κ2) is 10.0. The van der Waals surface area contributed by atoms with Crippen molar-refractivity contribution in [1.82, 2.24) is 9.62 Å². The minimum absolute atomic E-state index is 0.0110. The summed E-state index contributed by atoms with van der Waals surface area (Å²) >= 11 is 0. The maximum Gasteiger partial charge on any atom is 0.326 e. The molecule has 0 saturated heterocycles. The third-order valence-electron chi connectivity index (χ3n) is 3.64. The smallest absolute Gasteiger partial charge is 0.326 e. The van der Waals surface area contributed by atoms with E-state index in [0.29, 0.717) is 0 Å². The molecule has 0 aliphatic heterocycles. The van der Waals surface area contributed by atoms with Gasteiger partial charge in [-0.05, 0) is 44.0 Å². The van der Waals surface area contributed by atoms with Gasteiger partial charge < -0.3 is 10.4 Å². The molecule has 0 aliphatic rings. The summed E-state index contributed by atoms with van der Waals surface area (Å²) in [6.07, 6.45) is 3.72. The van der Waals surface area contributed by atoms with Crippen molar-refractivity contribution in [2.75, 3.05) is 13.6 Å². The molecular weight excluding hydrogens is 363 g/mol. The number of carbonyl (C=O) groups is 2. The third kappa shape index (κ3) is 6.57. The van der Waals surface area contributed by atoms with E-state index in [4.69, 9.17) is 5.11 Å². The number of hydrogen-bond donors (Lipinski definition) is 2. The van der Waals surface area contributed by atoms with Crippen molar-refractivity contribution < 1.29 is 27.5 Å². The zero-order valence-corrected chi connectivity index (χ0v) is 15.5. The predicted molar refractivity (Wildman–Crippen MR) is 94.4 cm³/mol. The lowest BCUT2D eigenvalue weighted by Crippen LogP contribution is -2.40. The van der Waals surface area contributed by atoms with Crippen LogP contribution in [0.2, 0.25) is 0 Å². The van der Waals surface area contributed by atoms with Gasteiger partial charge in [0, 0.05) is 20.0 Å². The van der Waals surface area contributed by atoms with Crippen molar-refractivity contribution in [2.24, 2.45) is 0 Å². The lowest BCUT2D eigenvalue weighted by atomic mass is 10.2. The monoisotopic (exact) mass is 386 g/mol. The molecule has 144 valence electrons. The highest BCUT2D eigenvalue weighted by molar-refractivity contribution is 7.89. The van der Waals surface area contributed by atoms with Crippen LogP contribution in [0.4, 0.5) is 4.39 Å². The fraction of sp³-hybridized carbons (Fsp3) is 0.412. The maximum atomic E-state index is 12.9. The molecule has 1 rings (SSSR count). The van der Waals surface area contributed by atoms with Gasteiger partial charge in [-0.3, -0.25) is 4.79 Å². The second-order valence-electron chi connectivity index (χ2n) is 5.65. The van der Waals surface area contributed by atoms with Gasteiger partial charge in [-0.15, -0.1) is 0 Å². The summed E-state index contributed by atoms with van der Waals surface area (Å²) in [4.78, 5) is 22.9. The quantitative estimate of drug-likeness (QED) is 0.597. The summed E-state index contributed by atoms with van der Waals surface area (Å²) in [6.45, 7) is 1.82. The number of amides is 1.